The highest BCUT2D eigenvalue weighted by Gasteiger charge is 2.29. The van der Waals surface area contributed by atoms with Gasteiger partial charge in [-0.25, -0.2) is 17.9 Å². The number of hydrogen-bond acceptors (Lipinski definition) is 7. The van der Waals surface area contributed by atoms with E-state index in [1.165, 1.54) is 21.5 Å². The van der Waals surface area contributed by atoms with E-state index >= 15 is 0 Å². The molecule has 0 radical (unpaired) electrons. The Kier molecular flexibility index (Phi) is 6.39. The Morgan fingerprint density at radius 1 is 1.14 bits per heavy atom. The second-order valence-corrected chi connectivity index (χ2v) is 10.4. The van der Waals surface area contributed by atoms with Crippen LogP contribution in [0.25, 0.3) is 0 Å². The minimum Gasteiger partial charge on any atom is -0.403 e. The van der Waals surface area contributed by atoms with Crippen LogP contribution in [0.3, 0.4) is 0 Å². The smallest absolute Gasteiger partial charge is 0.346 e. The van der Waals surface area contributed by atoms with E-state index in [2.05, 4.69) is 10.2 Å². The lowest BCUT2D eigenvalue weighted by Gasteiger charge is -2.14. The highest BCUT2D eigenvalue weighted by Crippen LogP contribution is 2.33. The minimum atomic E-state index is -3.65. The van der Waals surface area contributed by atoms with E-state index in [4.69, 9.17) is 16.3 Å². The number of rotatable bonds is 7. The molecule has 0 aliphatic carbocycles. The van der Waals surface area contributed by atoms with Crippen LogP contribution in [-0.4, -0.2) is 50.6 Å². The average molecular weight is 516 g/mol. The molecule has 0 fully saturated rings. The molecule has 0 unspecified atom stereocenters. The third kappa shape index (κ3) is 4.77. The molecule has 0 spiro atoms. The van der Waals surface area contributed by atoms with Crippen LogP contribution in [0.2, 0.25) is 5.02 Å². The fourth-order valence-corrected chi connectivity index (χ4v) is 5.05. The molecule has 0 aliphatic heterocycles. The molecule has 0 atom stereocenters. The number of carbonyl (C=O) groups is 2. The number of sulfone groups is 1. The fourth-order valence-electron chi connectivity index (χ4n) is 3.75. The van der Waals surface area contributed by atoms with Gasteiger partial charge in [0.25, 0.3) is 0 Å². The molecule has 0 bridgehead atoms. The summed E-state index contributed by atoms with van der Waals surface area (Å²) in [5, 5.41) is 8.32. The van der Waals surface area contributed by atoms with Gasteiger partial charge in [0.15, 0.2) is 9.84 Å². The van der Waals surface area contributed by atoms with E-state index in [-0.39, 0.29) is 39.0 Å². The molecule has 4 aromatic rings. The van der Waals surface area contributed by atoms with Crippen molar-refractivity contribution in [1.29, 1.82) is 0 Å². The maximum atomic E-state index is 13.7. The summed E-state index contributed by atoms with van der Waals surface area (Å²) in [6.45, 7) is 1.65. The summed E-state index contributed by atoms with van der Waals surface area (Å²) in [4.78, 5) is 26.3. The van der Waals surface area contributed by atoms with Gasteiger partial charge < -0.3 is 9.30 Å². The summed E-state index contributed by atoms with van der Waals surface area (Å²) in [7, 11) is -0.330. The van der Waals surface area contributed by atoms with Crippen LogP contribution in [-0.2, 0) is 30.5 Å². The van der Waals surface area contributed by atoms with Crippen LogP contribution >= 0.6 is 11.6 Å². The summed E-state index contributed by atoms with van der Waals surface area (Å²) in [6, 6.07) is 5.97. The fraction of sp³-hybridized carbons (Fsp3) is 0.217. The third-order valence-electron chi connectivity index (χ3n) is 5.38. The molecule has 3 aromatic heterocycles. The van der Waals surface area contributed by atoms with Crippen molar-refractivity contribution in [1.82, 2.24) is 24.1 Å². The van der Waals surface area contributed by atoms with Gasteiger partial charge in [0, 0.05) is 56.3 Å². The van der Waals surface area contributed by atoms with Crippen molar-refractivity contribution in [3.05, 3.63) is 82.0 Å². The molecule has 0 amide bonds. The van der Waals surface area contributed by atoms with Crippen molar-refractivity contribution < 1.29 is 22.7 Å². The number of hydrogen-bond donors (Lipinski definition) is 0. The van der Waals surface area contributed by atoms with Gasteiger partial charge >= 0.3 is 5.97 Å². The third-order valence-corrected chi connectivity index (χ3v) is 6.99. The van der Waals surface area contributed by atoms with Crippen LogP contribution < -0.4 is 4.74 Å². The van der Waals surface area contributed by atoms with Gasteiger partial charge in [0.1, 0.15) is 5.56 Å². The molecular formula is C23H22ClN5O5S. The first-order valence-corrected chi connectivity index (χ1v) is 12.7. The minimum absolute atomic E-state index is 0.00631. The number of aromatic nitrogens is 5. The summed E-state index contributed by atoms with van der Waals surface area (Å²) in [6.07, 6.45) is 7.56. The van der Waals surface area contributed by atoms with Gasteiger partial charge in [-0.2, -0.15) is 10.2 Å². The molecular weight excluding hydrogens is 494 g/mol. The lowest BCUT2D eigenvalue weighted by Crippen LogP contribution is -2.15. The predicted molar refractivity (Wildman–Crippen MR) is 128 cm³/mol. The summed E-state index contributed by atoms with van der Waals surface area (Å²) < 4.78 is 34.9. The molecule has 0 saturated carbocycles. The molecule has 182 valence electrons. The number of benzene rings is 1. The van der Waals surface area contributed by atoms with Crippen molar-refractivity contribution in [3.63, 3.8) is 0 Å². The zero-order valence-electron chi connectivity index (χ0n) is 19.4. The van der Waals surface area contributed by atoms with E-state index in [0.717, 1.165) is 6.26 Å². The van der Waals surface area contributed by atoms with E-state index < -0.39 is 21.6 Å². The molecule has 0 N–H and O–H groups in total. The van der Waals surface area contributed by atoms with E-state index in [1.807, 2.05) is 0 Å². The van der Waals surface area contributed by atoms with Crippen molar-refractivity contribution in [2.45, 2.75) is 18.4 Å². The van der Waals surface area contributed by atoms with Crippen LogP contribution in [0.4, 0.5) is 0 Å². The maximum Gasteiger partial charge on any atom is 0.346 e. The number of carbonyl (C=O) groups excluding carboxylic acids is 2. The first-order chi connectivity index (χ1) is 16.5. The first kappa shape index (κ1) is 24.4. The van der Waals surface area contributed by atoms with E-state index in [0.29, 0.717) is 11.3 Å². The Hall–Kier alpha value is -3.70. The Morgan fingerprint density at radius 3 is 2.49 bits per heavy atom. The van der Waals surface area contributed by atoms with E-state index in [9.17, 15) is 18.0 Å². The van der Waals surface area contributed by atoms with Crippen molar-refractivity contribution in [2.24, 2.45) is 14.1 Å². The Bertz CT molecular complexity index is 1550. The maximum absolute atomic E-state index is 13.7. The SMILES string of the molecule is Cc1nn(C)c(OC(=O)c2ccn(C)c2)c1C(=O)c1ccc(S(C)(=O)=O)c(Cn2cccn2)c1Cl. The van der Waals surface area contributed by atoms with Crippen LogP contribution in [0.15, 0.2) is 53.9 Å². The molecule has 0 saturated heterocycles. The number of nitrogens with zero attached hydrogens (tertiary/aromatic N) is 5. The standard InChI is InChI=1S/C23H22ClN5O5S/c1-14-19(22(28(3)26-14)34-23(31)15-8-11-27(2)12-15)21(30)16-6-7-18(35(4,32)33)17(20(16)24)13-29-10-5-9-25-29/h5-12H,13H2,1-4H3. The lowest BCUT2D eigenvalue weighted by molar-refractivity contribution is 0.0718. The van der Waals surface area contributed by atoms with Crippen molar-refractivity contribution in [2.75, 3.05) is 6.26 Å². The molecule has 35 heavy (non-hydrogen) atoms. The largest absolute Gasteiger partial charge is 0.403 e. The van der Waals surface area contributed by atoms with Crippen LogP contribution in [0.1, 0.15) is 37.5 Å². The summed E-state index contributed by atoms with van der Waals surface area (Å²) in [5.74, 6) is -1.25. The summed E-state index contributed by atoms with van der Waals surface area (Å²) in [5.41, 5.74) is 0.963. The Labute approximate surface area is 206 Å². The van der Waals surface area contributed by atoms with Gasteiger partial charge in [-0.15, -0.1) is 0 Å². The first-order valence-electron chi connectivity index (χ1n) is 10.4. The van der Waals surface area contributed by atoms with Crippen molar-refractivity contribution in [3.8, 4) is 5.88 Å². The van der Waals surface area contributed by atoms with E-state index in [1.54, 1.807) is 62.5 Å². The highest BCUT2D eigenvalue weighted by molar-refractivity contribution is 7.90. The number of aryl methyl sites for hydroxylation is 3. The van der Waals surface area contributed by atoms with Gasteiger partial charge in [-0.05, 0) is 31.2 Å². The molecule has 3 heterocycles. The Balaban J connectivity index is 1.79. The number of esters is 1. The Morgan fingerprint density at radius 2 is 1.89 bits per heavy atom. The zero-order chi connectivity index (χ0) is 25.5. The lowest BCUT2D eigenvalue weighted by atomic mass is 10.0. The number of ketones is 1. The molecule has 12 heteroatoms. The number of ether oxygens (including phenoxy) is 1. The normalized spacial score (nSPS) is 11.6. The van der Waals surface area contributed by atoms with Gasteiger partial charge in [0.05, 0.1) is 27.7 Å². The van der Waals surface area contributed by atoms with Crippen LogP contribution in [0, 0.1) is 6.92 Å². The molecule has 4 rings (SSSR count). The van der Waals surface area contributed by atoms with Gasteiger partial charge in [0.2, 0.25) is 11.7 Å². The second-order valence-electron chi connectivity index (χ2n) is 8.05. The zero-order valence-corrected chi connectivity index (χ0v) is 21.0. The highest BCUT2D eigenvalue weighted by atomic mass is 35.5. The van der Waals surface area contributed by atoms with Gasteiger partial charge in [-0.3, -0.25) is 9.48 Å². The second kappa shape index (κ2) is 9.16. The number of halogens is 1. The topological polar surface area (TPSA) is 118 Å². The predicted octanol–water partition coefficient (Wildman–Crippen LogP) is 2.82. The molecule has 1 aromatic carbocycles. The average Bonchev–Trinajstić information content (AvgIpc) is 3.50. The van der Waals surface area contributed by atoms with Crippen LogP contribution in [0.5, 0.6) is 5.88 Å². The van der Waals surface area contributed by atoms with Crippen molar-refractivity contribution >= 4 is 33.2 Å². The molecule has 10 nitrogen and oxygen atoms in total. The molecule has 0 aliphatic rings. The summed E-state index contributed by atoms with van der Waals surface area (Å²) >= 11 is 6.63. The monoisotopic (exact) mass is 515 g/mol. The van der Waals surface area contributed by atoms with Gasteiger partial charge in [-0.1, -0.05) is 11.6 Å². The quantitative estimate of drug-likeness (QED) is 0.274.